The number of amides is 1. The number of ether oxygens (including phenoxy) is 2. The maximum atomic E-state index is 12.5. The Balaban J connectivity index is 1.29. The van der Waals surface area contributed by atoms with Crippen LogP contribution < -0.4 is 0 Å². The van der Waals surface area contributed by atoms with Gasteiger partial charge in [-0.3, -0.25) is 4.79 Å². The number of benzene rings is 1. The lowest BCUT2D eigenvalue weighted by molar-refractivity contribution is -0.187. The number of thiazole rings is 1. The minimum absolute atomic E-state index is 0.197. The summed E-state index contributed by atoms with van der Waals surface area (Å²) in [5.74, 6) is -0.225. The SMILES string of the molecule is Cc1ccc(-c2nc(CCC(=O)N3CCC4(CC3)OCCO4)cs2)cc1. The van der Waals surface area contributed by atoms with Crippen molar-refractivity contribution in [1.29, 1.82) is 0 Å². The summed E-state index contributed by atoms with van der Waals surface area (Å²) in [6.07, 6.45) is 2.74. The van der Waals surface area contributed by atoms with E-state index in [1.807, 2.05) is 4.90 Å². The molecule has 0 N–H and O–H groups in total. The number of rotatable bonds is 4. The first kappa shape index (κ1) is 17.6. The molecule has 1 aromatic heterocycles. The van der Waals surface area contributed by atoms with E-state index in [1.54, 1.807) is 11.3 Å². The van der Waals surface area contributed by atoms with Gasteiger partial charge in [0.1, 0.15) is 5.01 Å². The van der Waals surface area contributed by atoms with Gasteiger partial charge in [0.05, 0.1) is 18.9 Å². The molecule has 26 heavy (non-hydrogen) atoms. The van der Waals surface area contributed by atoms with E-state index in [1.165, 1.54) is 5.56 Å². The number of hydrogen-bond donors (Lipinski definition) is 0. The van der Waals surface area contributed by atoms with Gasteiger partial charge in [-0.15, -0.1) is 11.3 Å². The highest BCUT2D eigenvalue weighted by Crippen LogP contribution is 2.31. The highest BCUT2D eigenvalue weighted by Gasteiger charge is 2.40. The van der Waals surface area contributed by atoms with E-state index in [2.05, 4.69) is 36.6 Å². The zero-order valence-corrected chi connectivity index (χ0v) is 15.9. The van der Waals surface area contributed by atoms with Crippen molar-refractivity contribution in [2.45, 2.75) is 38.4 Å². The van der Waals surface area contributed by atoms with Crippen molar-refractivity contribution >= 4 is 17.2 Å². The van der Waals surface area contributed by atoms with Gasteiger partial charge in [0.2, 0.25) is 5.91 Å². The van der Waals surface area contributed by atoms with Crippen LogP contribution in [0.1, 0.15) is 30.5 Å². The van der Waals surface area contributed by atoms with Crippen molar-refractivity contribution in [3.05, 3.63) is 40.9 Å². The van der Waals surface area contributed by atoms with Crippen LogP contribution in [0.25, 0.3) is 10.6 Å². The monoisotopic (exact) mass is 372 g/mol. The molecule has 2 aliphatic rings. The first-order chi connectivity index (χ1) is 12.6. The van der Waals surface area contributed by atoms with Crippen LogP contribution in [0.3, 0.4) is 0 Å². The van der Waals surface area contributed by atoms with Crippen LogP contribution in [0.15, 0.2) is 29.6 Å². The largest absolute Gasteiger partial charge is 0.347 e. The molecule has 0 saturated carbocycles. The smallest absolute Gasteiger partial charge is 0.222 e. The quantitative estimate of drug-likeness (QED) is 0.825. The molecule has 2 fully saturated rings. The van der Waals surface area contributed by atoms with E-state index in [9.17, 15) is 4.79 Å². The minimum atomic E-state index is -0.422. The molecule has 2 saturated heterocycles. The lowest BCUT2D eigenvalue weighted by Crippen LogP contribution is -2.47. The number of carbonyl (C=O) groups excluding carboxylic acids is 1. The zero-order chi connectivity index (χ0) is 18.0. The van der Waals surface area contributed by atoms with E-state index in [4.69, 9.17) is 14.5 Å². The van der Waals surface area contributed by atoms with Crippen LogP contribution in [0, 0.1) is 6.92 Å². The summed E-state index contributed by atoms with van der Waals surface area (Å²) >= 11 is 1.64. The minimum Gasteiger partial charge on any atom is -0.347 e. The standard InChI is InChI=1S/C20H24N2O3S/c1-15-2-4-16(5-3-15)19-21-17(14-26-19)6-7-18(23)22-10-8-20(9-11-22)24-12-13-25-20/h2-5,14H,6-13H2,1H3. The average Bonchev–Trinajstić information content (AvgIpc) is 3.31. The first-order valence-corrected chi connectivity index (χ1v) is 10.1. The Morgan fingerprint density at radius 1 is 1.19 bits per heavy atom. The molecule has 1 aromatic carbocycles. The second kappa shape index (κ2) is 7.47. The van der Waals surface area contributed by atoms with Gasteiger partial charge in [-0.05, 0) is 13.3 Å². The number of aryl methyl sites for hydroxylation is 2. The molecule has 0 atom stereocenters. The molecule has 6 heteroatoms. The van der Waals surface area contributed by atoms with Crippen molar-refractivity contribution in [2.24, 2.45) is 0 Å². The van der Waals surface area contributed by atoms with E-state index >= 15 is 0 Å². The number of nitrogens with zero attached hydrogens (tertiary/aromatic N) is 2. The Hall–Kier alpha value is -1.76. The first-order valence-electron chi connectivity index (χ1n) is 9.21. The lowest BCUT2D eigenvalue weighted by atomic mass is 10.0. The van der Waals surface area contributed by atoms with Crippen LogP contribution in [-0.4, -0.2) is 47.9 Å². The molecule has 2 aliphatic heterocycles. The fourth-order valence-corrected chi connectivity index (χ4v) is 4.39. The number of hydrogen-bond acceptors (Lipinski definition) is 5. The van der Waals surface area contributed by atoms with Crippen LogP contribution in [-0.2, 0) is 20.7 Å². The Kier molecular flexibility index (Phi) is 5.07. The topological polar surface area (TPSA) is 51.7 Å². The molecule has 0 aliphatic carbocycles. The fourth-order valence-electron chi connectivity index (χ4n) is 3.53. The maximum absolute atomic E-state index is 12.5. The molecule has 2 aromatic rings. The van der Waals surface area contributed by atoms with Crippen LogP contribution in [0.2, 0.25) is 0 Å². The van der Waals surface area contributed by atoms with Crippen molar-refractivity contribution in [3.63, 3.8) is 0 Å². The third-order valence-corrected chi connectivity index (χ3v) is 6.08. The predicted molar refractivity (Wildman–Crippen MR) is 101 cm³/mol. The van der Waals surface area contributed by atoms with Gasteiger partial charge >= 0.3 is 0 Å². The highest BCUT2D eigenvalue weighted by atomic mass is 32.1. The van der Waals surface area contributed by atoms with Gasteiger partial charge in [0.25, 0.3) is 0 Å². The molecular weight excluding hydrogens is 348 g/mol. The number of aromatic nitrogens is 1. The molecule has 3 heterocycles. The third-order valence-electron chi connectivity index (χ3n) is 5.14. The van der Waals surface area contributed by atoms with Crippen molar-refractivity contribution < 1.29 is 14.3 Å². The van der Waals surface area contributed by atoms with E-state index in [-0.39, 0.29) is 5.91 Å². The van der Waals surface area contributed by atoms with Crippen molar-refractivity contribution in [2.75, 3.05) is 26.3 Å². The summed E-state index contributed by atoms with van der Waals surface area (Å²) in [7, 11) is 0. The molecule has 0 radical (unpaired) electrons. The molecule has 4 rings (SSSR count). The summed E-state index contributed by atoms with van der Waals surface area (Å²) < 4.78 is 11.4. The van der Waals surface area contributed by atoms with Crippen LogP contribution in [0.4, 0.5) is 0 Å². The molecule has 1 amide bonds. The van der Waals surface area contributed by atoms with Gasteiger partial charge in [-0.2, -0.15) is 0 Å². The molecular formula is C20H24N2O3S. The van der Waals surface area contributed by atoms with Gasteiger partial charge in [-0.25, -0.2) is 4.98 Å². The Morgan fingerprint density at radius 3 is 2.58 bits per heavy atom. The summed E-state index contributed by atoms with van der Waals surface area (Å²) in [6.45, 7) is 4.84. The maximum Gasteiger partial charge on any atom is 0.222 e. The molecule has 0 bridgehead atoms. The second-order valence-electron chi connectivity index (χ2n) is 7.00. The van der Waals surface area contributed by atoms with Gasteiger partial charge in [0.15, 0.2) is 5.79 Å². The molecule has 1 spiro atoms. The number of likely N-dealkylation sites (tertiary alicyclic amines) is 1. The van der Waals surface area contributed by atoms with E-state index in [0.29, 0.717) is 39.1 Å². The van der Waals surface area contributed by atoms with Gasteiger partial charge in [0, 0.05) is 43.3 Å². The number of carbonyl (C=O) groups is 1. The lowest BCUT2D eigenvalue weighted by Gasteiger charge is -2.37. The predicted octanol–water partition coefficient (Wildman–Crippen LogP) is 3.42. The molecule has 5 nitrogen and oxygen atoms in total. The van der Waals surface area contributed by atoms with Crippen molar-refractivity contribution in [1.82, 2.24) is 9.88 Å². The summed E-state index contributed by atoms with van der Waals surface area (Å²) in [4.78, 5) is 19.1. The molecule has 138 valence electrons. The Labute approximate surface area is 157 Å². The third kappa shape index (κ3) is 3.82. The summed E-state index contributed by atoms with van der Waals surface area (Å²) in [6, 6.07) is 8.39. The van der Waals surface area contributed by atoms with E-state index < -0.39 is 5.79 Å². The van der Waals surface area contributed by atoms with Gasteiger partial charge in [-0.1, -0.05) is 29.8 Å². The van der Waals surface area contributed by atoms with Crippen LogP contribution in [0.5, 0.6) is 0 Å². The summed E-state index contributed by atoms with van der Waals surface area (Å²) in [5.41, 5.74) is 3.37. The second-order valence-corrected chi connectivity index (χ2v) is 7.86. The van der Waals surface area contributed by atoms with Crippen LogP contribution >= 0.6 is 11.3 Å². The van der Waals surface area contributed by atoms with Gasteiger partial charge < -0.3 is 14.4 Å². The average molecular weight is 372 g/mol. The summed E-state index contributed by atoms with van der Waals surface area (Å²) in [5, 5.41) is 3.08. The molecule has 0 unspecified atom stereocenters. The highest BCUT2D eigenvalue weighted by molar-refractivity contribution is 7.13. The van der Waals surface area contributed by atoms with Crippen molar-refractivity contribution in [3.8, 4) is 10.6 Å². The fraction of sp³-hybridized carbons (Fsp3) is 0.500. The number of piperidine rings is 1. The normalized spacial score (nSPS) is 19.2. The van der Waals surface area contributed by atoms with E-state index in [0.717, 1.165) is 29.1 Å². The Bertz CT molecular complexity index is 756. The Morgan fingerprint density at radius 2 is 1.88 bits per heavy atom. The zero-order valence-electron chi connectivity index (χ0n) is 15.1.